The second-order valence-electron chi connectivity index (χ2n) is 2.63. The lowest BCUT2D eigenvalue weighted by atomic mass is 10.2. The van der Waals surface area contributed by atoms with Gasteiger partial charge in [-0.15, -0.1) is 0 Å². The molecule has 1 aliphatic heterocycles. The molecule has 0 saturated carbocycles. The van der Waals surface area contributed by atoms with E-state index < -0.39 is 12.0 Å². The van der Waals surface area contributed by atoms with Gasteiger partial charge >= 0.3 is 0 Å². The molecule has 0 amide bonds. The van der Waals surface area contributed by atoms with Crippen LogP contribution in [-0.4, -0.2) is 32.8 Å². The van der Waals surface area contributed by atoms with Gasteiger partial charge in [0.2, 0.25) is 11.6 Å². The number of fused-ring (bicyclic) bond motifs is 1. The Bertz CT molecular complexity index is 300. The highest BCUT2D eigenvalue weighted by Gasteiger charge is 2.46. The SMILES string of the molecule is NCC1(O)C(O)Oc2ccnn21. The third kappa shape index (κ3) is 0.711. The molecular weight excluding hydrogens is 162 g/mol. The van der Waals surface area contributed by atoms with Gasteiger partial charge in [0.25, 0.3) is 6.29 Å². The fourth-order valence-electron chi connectivity index (χ4n) is 1.17. The topological polar surface area (TPSA) is 93.5 Å². The van der Waals surface area contributed by atoms with Crippen molar-refractivity contribution in [2.45, 2.75) is 12.0 Å². The minimum absolute atomic E-state index is 0.150. The normalized spacial score (nSPS) is 33.1. The number of nitrogens with zero attached hydrogens (tertiary/aromatic N) is 2. The molecule has 4 N–H and O–H groups in total. The molecule has 66 valence electrons. The van der Waals surface area contributed by atoms with Gasteiger partial charge in [0.05, 0.1) is 6.20 Å². The number of aliphatic hydroxyl groups is 2. The van der Waals surface area contributed by atoms with Crippen LogP contribution >= 0.6 is 0 Å². The lowest BCUT2D eigenvalue weighted by Gasteiger charge is -2.22. The minimum Gasteiger partial charge on any atom is -0.443 e. The molecule has 0 radical (unpaired) electrons. The predicted molar refractivity (Wildman–Crippen MR) is 38.1 cm³/mol. The highest BCUT2D eigenvalue weighted by Crippen LogP contribution is 2.30. The van der Waals surface area contributed by atoms with Gasteiger partial charge in [0.15, 0.2) is 0 Å². The molecule has 6 nitrogen and oxygen atoms in total. The molecule has 2 rings (SSSR count). The third-order valence-electron chi connectivity index (χ3n) is 1.90. The lowest BCUT2D eigenvalue weighted by molar-refractivity contribution is -0.177. The van der Waals surface area contributed by atoms with Gasteiger partial charge < -0.3 is 20.7 Å². The van der Waals surface area contributed by atoms with Crippen molar-refractivity contribution in [2.24, 2.45) is 5.73 Å². The number of ether oxygens (including phenoxy) is 1. The molecule has 2 heterocycles. The molecule has 1 aromatic heterocycles. The molecule has 12 heavy (non-hydrogen) atoms. The van der Waals surface area contributed by atoms with E-state index in [0.717, 1.165) is 4.68 Å². The predicted octanol–water partition coefficient (Wildman–Crippen LogP) is -1.80. The van der Waals surface area contributed by atoms with Gasteiger partial charge in [-0.2, -0.15) is 9.78 Å². The van der Waals surface area contributed by atoms with Crippen molar-refractivity contribution >= 4 is 0 Å². The summed E-state index contributed by atoms with van der Waals surface area (Å²) in [5.41, 5.74) is 3.66. The molecule has 1 aromatic rings. The summed E-state index contributed by atoms with van der Waals surface area (Å²) in [6.45, 7) is -0.150. The van der Waals surface area contributed by atoms with E-state index in [1.165, 1.54) is 12.3 Å². The van der Waals surface area contributed by atoms with Crippen LogP contribution in [0.2, 0.25) is 0 Å². The van der Waals surface area contributed by atoms with Crippen LogP contribution in [0.3, 0.4) is 0 Å². The largest absolute Gasteiger partial charge is 0.443 e. The van der Waals surface area contributed by atoms with Crippen LogP contribution in [0.25, 0.3) is 0 Å². The summed E-state index contributed by atoms with van der Waals surface area (Å²) in [7, 11) is 0. The Balaban J connectivity index is 2.48. The van der Waals surface area contributed by atoms with E-state index in [1.807, 2.05) is 0 Å². The molecule has 0 aliphatic carbocycles. The third-order valence-corrected chi connectivity index (χ3v) is 1.90. The van der Waals surface area contributed by atoms with Crippen molar-refractivity contribution in [1.29, 1.82) is 0 Å². The second kappa shape index (κ2) is 2.19. The van der Waals surface area contributed by atoms with Gasteiger partial charge in [-0.05, 0) is 0 Å². The van der Waals surface area contributed by atoms with Crippen LogP contribution in [0.15, 0.2) is 12.3 Å². The maximum Gasteiger partial charge on any atom is 0.250 e. The zero-order chi connectivity index (χ0) is 8.77. The molecule has 0 bridgehead atoms. The number of rotatable bonds is 1. The van der Waals surface area contributed by atoms with Crippen molar-refractivity contribution in [1.82, 2.24) is 9.78 Å². The molecule has 2 unspecified atom stereocenters. The van der Waals surface area contributed by atoms with E-state index in [-0.39, 0.29) is 6.54 Å². The Kier molecular flexibility index (Phi) is 1.38. The molecule has 0 spiro atoms. The molecule has 1 aliphatic rings. The van der Waals surface area contributed by atoms with Crippen LogP contribution in [0.5, 0.6) is 5.88 Å². The molecule has 6 heteroatoms. The van der Waals surface area contributed by atoms with E-state index >= 15 is 0 Å². The highest BCUT2D eigenvalue weighted by molar-refractivity contribution is 5.15. The monoisotopic (exact) mass is 171 g/mol. The van der Waals surface area contributed by atoms with Crippen molar-refractivity contribution in [3.05, 3.63) is 12.3 Å². The van der Waals surface area contributed by atoms with E-state index in [9.17, 15) is 10.2 Å². The van der Waals surface area contributed by atoms with Crippen molar-refractivity contribution in [3.63, 3.8) is 0 Å². The van der Waals surface area contributed by atoms with Gasteiger partial charge in [-0.25, -0.2) is 0 Å². The van der Waals surface area contributed by atoms with E-state index in [4.69, 9.17) is 10.5 Å². The number of hydrogen-bond acceptors (Lipinski definition) is 5. The summed E-state index contributed by atoms with van der Waals surface area (Å²) < 4.78 is 6.04. The summed E-state index contributed by atoms with van der Waals surface area (Å²) in [5.74, 6) is 0.315. The van der Waals surface area contributed by atoms with Gasteiger partial charge in [0, 0.05) is 12.6 Å². The summed E-state index contributed by atoms with van der Waals surface area (Å²) in [5, 5.41) is 22.7. The smallest absolute Gasteiger partial charge is 0.250 e. The van der Waals surface area contributed by atoms with Gasteiger partial charge in [-0.3, -0.25) is 0 Å². The first-order valence-electron chi connectivity index (χ1n) is 3.50. The number of aromatic nitrogens is 2. The number of hydrogen-bond donors (Lipinski definition) is 3. The van der Waals surface area contributed by atoms with Crippen LogP contribution in [-0.2, 0) is 5.72 Å². The molecule has 0 fully saturated rings. The zero-order valence-corrected chi connectivity index (χ0v) is 6.21. The van der Waals surface area contributed by atoms with Crippen molar-refractivity contribution in [2.75, 3.05) is 6.54 Å². The molecular formula is C6H9N3O3. The molecule has 0 aromatic carbocycles. The van der Waals surface area contributed by atoms with E-state index in [2.05, 4.69) is 5.10 Å². The highest BCUT2D eigenvalue weighted by atomic mass is 16.6. The Labute approximate surface area is 68.2 Å². The van der Waals surface area contributed by atoms with E-state index in [0.29, 0.717) is 5.88 Å². The summed E-state index contributed by atoms with van der Waals surface area (Å²) in [6, 6.07) is 1.54. The Hall–Kier alpha value is -1.11. The van der Waals surface area contributed by atoms with Crippen LogP contribution in [0.1, 0.15) is 0 Å². The molecule has 0 saturated heterocycles. The second-order valence-corrected chi connectivity index (χ2v) is 2.63. The van der Waals surface area contributed by atoms with Crippen LogP contribution in [0.4, 0.5) is 0 Å². The number of aliphatic hydroxyl groups excluding tert-OH is 1. The average Bonchev–Trinajstić information content (AvgIpc) is 2.57. The summed E-state index contributed by atoms with van der Waals surface area (Å²) in [6.07, 6.45) is 0.119. The Morgan fingerprint density at radius 2 is 2.58 bits per heavy atom. The maximum atomic E-state index is 9.71. The standard InChI is InChI=1S/C6H9N3O3/c7-3-6(11)5(10)12-4-1-2-8-9(4)6/h1-2,5,10-11H,3,7H2. The fraction of sp³-hybridized carbons (Fsp3) is 0.500. The minimum atomic E-state index is -1.63. The van der Waals surface area contributed by atoms with Gasteiger partial charge in [-0.1, -0.05) is 0 Å². The zero-order valence-electron chi connectivity index (χ0n) is 6.21. The summed E-state index contributed by atoms with van der Waals surface area (Å²) in [4.78, 5) is 0. The van der Waals surface area contributed by atoms with Gasteiger partial charge in [0.1, 0.15) is 0 Å². The Morgan fingerprint density at radius 3 is 3.25 bits per heavy atom. The molecule has 2 atom stereocenters. The number of nitrogens with two attached hydrogens (primary N) is 1. The first kappa shape index (κ1) is 7.53. The average molecular weight is 171 g/mol. The Morgan fingerprint density at radius 1 is 1.83 bits per heavy atom. The maximum absolute atomic E-state index is 9.71. The van der Waals surface area contributed by atoms with E-state index in [1.54, 1.807) is 0 Å². The first-order valence-corrected chi connectivity index (χ1v) is 3.50. The van der Waals surface area contributed by atoms with Crippen LogP contribution in [0, 0.1) is 0 Å². The van der Waals surface area contributed by atoms with Crippen molar-refractivity contribution in [3.8, 4) is 5.88 Å². The summed E-state index contributed by atoms with van der Waals surface area (Å²) >= 11 is 0. The van der Waals surface area contributed by atoms with Crippen molar-refractivity contribution < 1.29 is 14.9 Å². The van der Waals surface area contributed by atoms with Crippen LogP contribution < -0.4 is 10.5 Å². The first-order chi connectivity index (χ1) is 5.68. The fourth-order valence-corrected chi connectivity index (χ4v) is 1.17. The lowest BCUT2D eigenvalue weighted by Crippen LogP contribution is -2.48. The quantitative estimate of drug-likeness (QED) is 0.463.